The average Bonchev–Trinajstić information content (AvgIpc) is 2.77. The van der Waals surface area contributed by atoms with Crippen LogP contribution in [0.25, 0.3) is 0 Å². The first-order valence-corrected chi connectivity index (χ1v) is 11.3. The molecule has 168 valence electrons. The highest BCUT2D eigenvalue weighted by molar-refractivity contribution is 5.88. The molecule has 0 aliphatic rings. The van der Waals surface area contributed by atoms with E-state index in [1.54, 1.807) is 4.90 Å². The molecule has 2 rings (SSSR count). The van der Waals surface area contributed by atoms with Gasteiger partial charge in [-0.1, -0.05) is 67.6 Å². The maximum atomic E-state index is 13.2. The van der Waals surface area contributed by atoms with Gasteiger partial charge in [-0.05, 0) is 37.8 Å². The van der Waals surface area contributed by atoms with Crippen LogP contribution >= 0.6 is 0 Å². The lowest BCUT2D eigenvalue weighted by atomic mass is 10.0. The number of rotatable bonds is 13. The second-order valence-electron chi connectivity index (χ2n) is 8.03. The number of ether oxygens (including phenoxy) is 1. The van der Waals surface area contributed by atoms with E-state index in [4.69, 9.17) is 4.74 Å². The Bertz CT molecular complexity index is 778. The highest BCUT2D eigenvalue weighted by atomic mass is 16.5. The lowest BCUT2D eigenvalue weighted by Crippen LogP contribution is -2.50. The van der Waals surface area contributed by atoms with E-state index in [1.807, 2.05) is 81.4 Å². The first-order chi connectivity index (χ1) is 15.0. The maximum Gasteiger partial charge on any atom is 0.243 e. The molecule has 0 radical (unpaired) electrons. The summed E-state index contributed by atoms with van der Waals surface area (Å²) in [6, 6.07) is 19.2. The topological polar surface area (TPSA) is 58.6 Å². The minimum Gasteiger partial charge on any atom is -0.379 e. The molecule has 2 amide bonds. The number of amides is 2. The molecule has 2 aromatic carbocycles. The molecule has 0 aliphatic carbocycles. The Balaban J connectivity index is 2.18. The van der Waals surface area contributed by atoms with E-state index < -0.39 is 6.04 Å². The summed E-state index contributed by atoms with van der Waals surface area (Å²) in [6.07, 6.45) is 2.57. The maximum absolute atomic E-state index is 13.2. The number of hydrogen-bond acceptors (Lipinski definition) is 3. The molecular weight excluding hydrogens is 388 g/mol. The predicted octanol–water partition coefficient (Wildman–Crippen LogP) is 4.36. The van der Waals surface area contributed by atoms with Crippen LogP contribution in [0.2, 0.25) is 0 Å². The van der Waals surface area contributed by atoms with Crippen molar-refractivity contribution in [2.24, 2.45) is 0 Å². The zero-order valence-electron chi connectivity index (χ0n) is 19.0. The van der Waals surface area contributed by atoms with E-state index in [-0.39, 0.29) is 17.9 Å². The Morgan fingerprint density at radius 1 is 0.968 bits per heavy atom. The number of carbonyl (C=O) groups excluding carboxylic acids is 2. The van der Waals surface area contributed by atoms with E-state index >= 15 is 0 Å². The van der Waals surface area contributed by atoms with Crippen LogP contribution < -0.4 is 5.32 Å². The minimum absolute atomic E-state index is 0.00516. The third-order valence-corrected chi connectivity index (χ3v) is 5.00. The van der Waals surface area contributed by atoms with Gasteiger partial charge in [-0.25, -0.2) is 0 Å². The Morgan fingerprint density at radius 3 is 2.16 bits per heavy atom. The van der Waals surface area contributed by atoms with Crippen LogP contribution in [-0.4, -0.2) is 42.0 Å². The van der Waals surface area contributed by atoms with Crippen LogP contribution in [0.3, 0.4) is 0 Å². The highest BCUT2D eigenvalue weighted by Crippen LogP contribution is 2.16. The Morgan fingerprint density at radius 2 is 1.58 bits per heavy atom. The van der Waals surface area contributed by atoms with Crippen LogP contribution in [0, 0.1) is 0 Å². The molecule has 2 aromatic rings. The van der Waals surface area contributed by atoms with Crippen molar-refractivity contribution in [2.75, 3.05) is 13.2 Å². The highest BCUT2D eigenvalue weighted by Gasteiger charge is 2.29. The summed E-state index contributed by atoms with van der Waals surface area (Å²) in [6.45, 7) is 7.52. The zero-order valence-corrected chi connectivity index (χ0v) is 19.0. The summed E-state index contributed by atoms with van der Waals surface area (Å²) in [4.78, 5) is 28.0. The quantitative estimate of drug-likeness (QED) is 0.486. The molecule has 0 aliphatic heterocycles. The zero-order chi connectivity index (χ0) is 22.5. The second-order valence-corrected chi connectivity index (χ2v) is 8.03. The van der Waals surface area contributed by atoms with Gasteiger partial charge in [0.2, 0.25) is 11.8 Å². The van der Waals surface area contributed by atoms with Crippen LogP contribution in [0.1, 0.15) is 51.2 Å². The van der Waals surface area contributed by atoms with E-state index in [2.05, 4.69) is 5.32 Å². The van der Waals surface area contributed by atoms with Gasteiger partial charge in [0.25, 0.3) is 0 Å². The molecule has 0 bridgehead atoms. The lowest BCUT2D eigenvalue weighted by molar-refractivity contribution is -0.141. The number of carbonyl (C=O) groups is 2. The van der Waals surface area contributed by atoms with Crippen molar-refractivity contribution in [2.45, 2.75) is 65.1 Å². The molecule has 0 heterocycles. The molecule has 5 nitrogen and oxygen atoms in total. The SMILES string of the molecule is CCCC(=O)N(Cc1ccccc1)[C@@H](Cc1ccccc1)C(=O)NCCCOC(C)C. The molecule has 5 heteroatoms. The van der Waals surface area contributed by atoms with E-state index in [0.717, 1.165) is 24.0 Å². The van der Waals surface area contributed by atoms with Gasteiger partial charge >= 0.3 is 0 Å². The van der Waals surface area contributed by atoms with Crippen LogP contribution in [0.15, 0.2) is 60.7 Å². The van der Waals surface area contributed by atoms with Crippen molar-refractivity contribution >= 4 is 11.8 Å². The Hall–Kier alpha value is -2.66. The van der Waals surface area contributed by atoms with Crippen molar-refractivity contribution in [3.05, 3.63) is 71.8 Å². The van der Waals surface area contributed by atoms with Gasteiger partial charge in [0.05, 0.1) is 6.10 Å². The fraction of sp³-hybridized carbons (Fsp3) is 0.462. The lowest BCUT2D eigenvalue weighted by Gasteiger charge is -2.31. The van der Waals surface area contributed by atoms with Gasteiger partial charge in [-0.15, -0.1) is 0 Å². The molecule has 0 saturated heterocycles. The van der Waals surface area contributed by atoms with Gasteiger partial charge in [-0.2, -0.15) is 0 Å². The third-order valence-electron chi connectivity index (χ3n) is 5.00. The monoisotopic (exact) mass is 424 g/mol. The van der Waals surface area contributed by atoms with Gasteiger partial charge in [-0.3, -0.25) is 9.59 Å². The second kappa shape index (κ2) is 13.6. The van der Waals surface area contributed by atoms with Crippen LogP contribution in [0.5, 0.6) is 0 Å². The van der Waals surface area contributed by atoms with Gasteiger partial charge in [0.1, 0.15) is 6.04 Å². The summed E-state index contributed by atoms with van der Waals surface area (Å²) in [5.41, 5.74) is 2.05. The molecular formula is C26H36N2O3. The summed E-state index contributed by atoms with van der Waals surface area (Å²) in [5.74, 6) is -0.112. The molecule has 1 N–H and O–H groups in total. The van der Waals surface area contributed by atoms with Crippen LogP contribution in [0.4, 0.5) is 0 Å². The number of nitrogens with one attached hydrogen (secondary N) is 1. The van der Waals surface area contributed by atoms with Gasteiger partial charge < -0.3 is 15.0 Å². The first kappa shape index (κ1) is 24.6. The van der Waals surface area contributed by atoms with E-state index in [0.29, 0.717) is 32.5 Å². The van der Waals surface area contributed by atoms with Gasteiger partial charge in [0.15, 0.2) is 0 Å². The predicted molar refractivity (Wildman–Crippen MR) is 125 cm³/mol. The molecule has 1 atom stereocenters. The molecule has 0 saturated carbocycles. The molecule has 0 fully saturated rings. The molecule has 31 heavy (non-hydrogen) atoms. The van der Waals surface area contributed by atoms with E-state index in [1.165, 1.54) is 0 Å². The summed E-state index contributed by atoms with van der Waals surface area (Å²) >= 11 is 0. The summed E-state index contributed by atoms with van der Waals surface area (Å²) in [5, 5.41) is 3.03. The third kappa shape index (κ3) is 8.93. The Labute approximate surface area is 186 Å². The van der Waals surface area contributed by atoms with E-state index in [9.17, 15) is 9.59 Å². The summed E-state index contributed by atoms with van der Waals surface area (Å²) < 4.78 is 5.56. The molecule has 0 spiro atoms. The van der Waals surface area contributed by atoms with Crippen molar-refractivity contribution in [3.63, 3.8) is 0 Å². The van der Waals surface area contributed by atoms with Crippen LogP contribution in [-0.2, 0) is 27.3 Å². The van der Waals surface area contributed by atoms with Gasteiger partial charge in [0, 0.05) is 32.5 Å². The van der Waals surface area contributed by atoms with Crippen molar-refractivity contribution < 1.29 is 14.3 Å². The smallest absolute Gasteiger partial charge is 0.243 e. The van der Waals surface area contributed by atoms with Crippen molar-refractivity contribution in [1.82, 2.24) is 10.2 Å². The van der Waals surface area contributed by atoms with Crippen molar-refractivity contribution in [3.8, 4) is 0 Å². The Kier molecular flexibility index (Phi) is 10.8. The summed E-state index contributed by atoms with van der Waals surface area (Å²) in [7, 11) is 0. The first-order valence-electron chi connectivity index (χ1n) is 11.3. The normalized spacial score (nSPS) is 11.9. The fourth-order valence-electron chi connectivity index (χ4n) is 3.41. The number of benzene rings is 2. The minimum atomic E-state index is -0.562. The molecule has 0 unspecified atom stereocenters. The van der Waals surface area contributed by atoms with Crippen molar-refractivity contribution in [1.29, 1.82) is 0 Å². The standard InChI is InChI=1S/C26H36N2O3/c1-4-12-25(29)28(20-23-15-9-6-10-16-23)24(19-22-13-7-5-8-14-22)26(30)27-17-11-18-31-21(2)3/h5-10,13-16,21,24H,4,11-12,17-20H2,1-3H3,(H,27,30)/t24-/m0/s1. The fourth-order valence-corrected chi connectivity index (χ4v) is 3.41. The number of nitrogens with zero attached hydrogens (tertiary/aromatic N) is 1. The number of hydrogen-bond donors (Lipinski definition) is 1. The largest absolute Gasteiger partial charge is 0.379 e. The molecule has 0 aromatic heterocycles. The average molecular weight is 425 g/mol.